The molecule has 0 saturated heterocycles. The number of hydrogen-bond acceptors (Lipinski definition) is 5. The van der Waals surface area contributed by atoms with Crippen LogP contribution >= 0.6 is 0 Å². The van der Waals surface area contributed by atoms with E-state index in [0.29, 0.717) is 29.4 Å². The van der Waals surface area contributed by atoms with Gasteiger partial charge in [0.1, 0.15) is 23.8 Å². The highest BCUT2D eigenvalue weighted by Crippen LogP contribution is 2.14. The Hall–Kier alpha value is -3.28. The van der Waals surface area contributed by atoms with E-state index >= 15 is 0 Å². The molecule has 0 radical (unpaired) electrons. The maximum atomic E-state index is 12.1. The van der Waals surface area contributed by atoms with Crippen molar-refractivity contribution in [2.45, 2.75) is 20.1 Å². The van der Waals surface area contributed by atoms with Crippen LogP contribution in [-0.2, 0) is 13.2 Å². The minimum Gasteiger partial charge on any atom is -0.497 e. The third-order valence-electron chi connectivity index (χ3n) is 3.79. The summed E-state index contributed by atoms with van der Waals surface area (Å²) in [6.07, 6.45) is 0. The number of benzene rings is 2. The number of nitrogens with zero attached hydrogens (tertiary/aromatic N) is 1. The Morgan fingerprint density at radius 2 is 1.77 bits per heavy atom. The second-order valence-electron chi connectivity index (χ2n) is 5.80. The van der Waals surface area contributed by atoms with Crippen LogP contribution in [0, 0.1) is 6.92 Å². The molecule has 1 amide bonds. The van der Waals surface area contributed by atoms with Crippen molar-refractivity contribution in [3.8, 4) is 11.5 Å². The van der Waals surface area contributed by atoms with Crippen molar-refractivity contribution in [2.24, 2.45) is 0 Å². The van der Waals surface area contributed by atoms with E-state index in [4.69, 9.17) is 14.0 Å². The largest absolute Gasteiger partial charge is 0.497 e. The van der Waals surface area contributed by atoms with E-state index < -0.39 is 0 Å². The van der Waals surface area contributed by atoms with Crippen molar-refractivity contribution in [1.82, 2.24) is 10.5 Å². The van der Waals surface area contributed by atoms with Crippen LogP contribution in [0.3, 0.4) is 0 Å². The van der Waals surface area contributed by atoms with Gasteiger partial charge in [-0.15, -0.1) is 0 Å². The zero-order valence-electron chi connectivity index (χ0n) is 14.7. The van der Waals surface area contributed by atoms with Gasteiger partial charge < -0.3 is 19.3 Å². The fourth-order valence-corrected chi connectivity index (χ4v) is 2.31. The van der Waals surface area contributed by atoms with Gasteiger partial charge in [-0.05, 0) is 43.3 Å². The molecule has 0 unspecified atom stereocenters. The van der Waals surface area contributed by atoms with E-state index in [-0.39, 0.29) is 12.5 Å². The number of aryl methyl sites for hydroxylation is 1. The summed E-state index contributed by atoms with van der Waals surface area (Å²) in [6.45, 7) is 2.58. The van der Waals surface area contributed by atoms with Crippen molar-refractivity contribution >= 4 is 5.91 Å². The van der Waals surface area contributed by atoms with Crippen molar-refractivity contribution in [2.75, 3.05) is 7.11 Å². The van der Waals surface area contributed by atoms with Gasteiger partial charge in [-0.3, -0.25) is 4.79 Å². The summed E-state index contributed by atoms with van der Waals surface area (Å²) in [4.78, 5) is 12.1. The molecule has 0 spiro atoms. The second kappa shape index (κ2) is 8.20. The first-order valence-corrected chi connectivity index (χ1v) is 8.20. The summed E-state index contributed by atoms with van der Waals surface area (Å²) in [5.74, 6) is 1.85. The van der Waals surface area contributed by atoms with Gasteiger partial charge in [0.05, 0.1) is 13.7 Å². The monoisotopic (exact) mass is 352 g/mol. The number of aromatic nitrogens is 1. The smallest absolute Gasteiger partial charge is 0.251 e. The van der Waals surface area contributed by atoms with Crippen molar-refractivity contribution in [1.29, 1.82) is 0 Å². The van der Waals surface area contributed by atoms with Crippen LogP contribution < -0.4 is 14.8 Å². The molecule has 0 saturated carbocycles. The number of ether oxygens (including phenoxy) is 2. The highest BCUT2D eigenvalue weighted by Gasteiger charge is 2.09. The molecule has 1 N–H and O–H groups in total. The minimum absolute atomic E-state index is 0.193. The molecule has 6 nitrogen and oxygen atoms in total. The first kappa shape index (κ1) is 17.5. The van der Waals surface area contributed by atoms with Gasteiger partial charge in [-0.1, -0.05) is 22.9 Å². The van der Waals surface area contributed by atoms with Crippen LogP contribution in [0.15, 0.2) is 59.1 Å². The van der Waals surface area contributed by atoms with Crippen LogP contribution in [0.5, 0.6) is 11.5 Å². The summed E-state index contributed by atoms with van der Waals surface area (Å²) in [7, 11) is 1.58. The molecule has 0 fully saturated rings. The summed E-state index contributed by atoms with van der Waals surface area (Å²) < 4.78 is 16.0. The van der Waals surface area contributed by atoms with Crippen molar-refractivity contribution in [3.05, 3.63) is 77.2 Å². The first-order chi connectivity index (χ1) is 12.6. The minimum atomic E-state index is -0.193. The Balaban J connectivity index is 1.49. The Morgan fingerprint density at radius 3 is 2.46 bits per heavy atom. The molecule has 1 heterocycles. The third-order valence-corrected chi connectivity index (χ3v) is 3.79. The molecule has 26 heavy (non-hydrogen) atoms. The molecule has 3 aromatic rings. The van der Waals surface area contributed by atoms with Crippen molar-refractivity contribution < 1.29 is 18.8 Å². The molecule has 0 aliphatic carbocycles. The lowest BCUT2D eigenvalue weighted by Crippen LogP contribution is -2.22. The normalized spacial score (nSPS) is 10.4. The number of carbonyl (C=O) groups is 1. The number of carbonyl (C=O) groups excluding carboxylic acids is 1. The Morgan fingerprint density at radius 1 is 1.08 bits per heavy atom. The number of nitrogens with one attached hydrogen (secondary N) is 1. The molecule has 1 aromatic heterocycles. The summed E-state index contributed by atoms with van der Waals surface area (Å²) in [5.41, 5.74) is 2.39. The molecule has 6 heteroatoms. The molecular weight excluding hydrogens is 332 g/mol. The fraction of sp³-hybridized carbons (Fsp3) is 0.200. The van der Waals surface area contributed by atoms with Gasteiger partial charge in [0.25, 0.3) is 5.91 Å². The molecule has 3 rings (SSSR count). The molecule has 0 aliphatic heterocycles. The standard InChI is InChI=1S/C20H20N2O4/c1-14-3-7-18(8-4-14)25-13-16-11-19(26-22-16)12-21-20(23)15-5-9-17(24-2)10-6-15/h3-11H,12-13H2,1-2H3,(H,21,23). The van der Waals surface area contributed by atoms with Crippen LogP contribution in [0.4, 0.5) is 0 Å². The van der Waals surface area contributed by atoms with Crippen LogP contribution in [0.25, 0.3) is 0 Å². The predicted octanol–water partition coefficient (Wildman–Crippen LogP) is 3.50. The van der Waals surface area contributed by atoms with Crippen LogP contribution in [0.2, 0.25) is 0 Å². The SMILES string of the molecule is COc1ccc(C(=O)NCc2cc(COc3ccc(C)cc3)no2)cc1. The zero-order valence-corrected chi connectivity index (χ0v) is 14.7. The van der Waals surface area contributed by atoms with E-state index in [2.05, 4.69) is 10.5 Å². The first-order valence-electron chi connectivity index (χ1n) is 8.20. The molecule has 2 aromatic carbocycles. The molecule has 0 atom stereocenters. The summed E-state index contributed by atoms with van der Waals surface area (Å²) in [5, 5.41) is 6.75. The van der Waals surface area contributed by atoms with E-state index in [1.807, 2.05) is 31.2 Å². The maximum Gasteiger partial charge on any atom is 0.251 e. The number of hydrogen-bond donors (Lipinski definition) is 1. The highest BCUT2D eigenvalue weighted by molar-refractivity contribution is 5.94. The van der Waals surface area contributed by atoms with Crippen LogP contribution in [-0.4, -0.2) is 18.2 Å². The van der Waals surface area contributed by atoms with Crippen molar-refractivity contribution in [3.63, 3.8) is 0 Å². The van der Waals surface area contributed by atoms with Gasteiger partial charge in [-0.2, -0.15) is 0 Å². The maximum absolute atomic E-state index is 12.1. The predicted molar refractivity (Wildman–Crippen MR) is 96.2 cm³/mol. The average Bonchev–Trinajstić information content (AvgIpc) is 3.13. The van der Waals surface area contributed by atoms with Gasteiger partial charge in [0, 0.05) is 11.6 Å². The average molecular weight is 352 g/mol. The quantitative estimate of drug-likeness (QED) is 0.704. The van der Waals surface area contributed by atoms with E-state index in [9.17, 15) is 4.79 Å². The number of amides is 1. The van der Waals surface area contributed by atoms with E-state index in [1.165, 1.54) is 5.56 Å². The molecular formula is C20H20N2O4. The highest BCUT2D eigenvalue weighted by atomic mass is 16.5. The fourth-order valence-electron chi connectivity index (χ4n) is 2.31. The van der Waals surface area contributed by atoms with E-state index in [0.717, 1.165) is 5.75 Å². The summed E-state index contributed by atoms with van der Waals surface area (Å²) in [6, 6.07) is 16.4. The van der Waals surface area contributed by atoms with Gasteiger partial charge >= 0.3 is 0 Å². The lowest BCUT2D eigenvalue weighted by molar-refractivity contribution is 0.0947. The Bertz CT molecular complexity index is 854. The van der Waals surface area contributed by atoms with Gasteiger partial charge in [-0.25, -0.2) is 0 Å². The lowest BCUT2D eigenvalue weighted by Gasteiger charge is -2.04. The number of methoxy groups -OCH3 is 1. The zero-order chi connectivity index (χ0) is 18.4. The van der Waals surface area contributed by atoms with E-state index in [1.54, 1.807) is 37.4 Å². The van der Waals surface area contributed by atoms with Gasteiger partial charge in [0.15, 0.2) is 5.76 Å². The summed E-state index contributed by atoms with van der Waals surface area (Å²) >= 11 is 0. The molecule has 0 aliphatic rings. The Kier molecular flexibility index (Phi) is 5.53. The molecule has 134 valence electrons. The third kappa shape index (κ3) is 4.63. The van der Waals surface area contributed by atoms with Crippen LogP contribution in [0.1, 0.15) is 27.4 Å². The Labute approximate surface area is 151 Å². The number of rotatable bonds is 7. The molecule has 0 bridgehead atoms. The van der Waals surface area contributed by atoms with Gasteiger partial charge in [0.2, 0.25) is 0 Å². The lowest BCUT2D eigenvalue weighted by atomic mass is 10.2. The second-order valence-corrected chi connectivity index (χ2v) is 5.80. The topological polar surface area (TPSA) is 73.6 Å².